The van der Waals surface area contributed by atoms with Crippen molar-refractivity contribution in [2.45, 2.75) is 31.1 Å². The third-order valence-corrected chi connectivity index (χ3v) is 7.93. The van der Waals surface area contributed by atoms with E-state index >= 15 is 0 Å². The number of nitrogens with zero attached hydrogens (tertiary/aromatic N) is 3. The van der Waals surface area contributed by atoms with E-state index in [-0.39, 0.29) is 9.77 Å². The standard InChI is InChI=1S/C20H22N4O3S2/c1-15-8-10-21-24(15)17-7-5-6-16(14-17)22-20(25)19-18(9-13-28-19)29(26,27)23-11-3-2-4-12-23/h5-10,13-14H,2-4,11-12H2,1H3,(H,22,25). The van der Waals surface area contributed by atoms with E-state index in [9.17, 15) is 13.2 Å². The molecule has 3 aromatic rings. The lowest BCUT2D eigenvalue weighted by Crippen LogP contribution is -2.36. The summed E-state index contributed by atoms with van der Waals surface area (Å²) >= 11 is 1.14. The minimum Gasteiger partial charge on any atom is -0.321 e. The van der Waals surface area contributed by atoms with Crippen LogP contribution in [0.2, 0.25) is 0 Å². The maximum absolute atomic E-state index is 13.0. The second-order valence-corrected chi connectivity index (χ2v) is 9.79. The van der Waals surface area contributed by atoms with Crippen LogP contribution < -0.4 is 5.32 Å². The molecule has 0 radical (unpaired) electrons. The Morgan fingerprint density at radius 2 is 1.93 bits per heavy atom. The number of anilines is 1. The Balaban J connectivity index is 1.58. The number of aromatic nitrogens is 2. The minimum atomic E-state index is -3.67. The number of hydrogen-bond acceptors (Lipinski definition) is 5. The first-order valence-corrected chi connectivity index (χ1v) is 11.8. The Morgan fingerprint density at radius 1 is 1.14 bits per heavy atom. The average Bonchev–Trinajstić information content (AvgIpc) is 3.38. The van der Waals surface area contributed by atoms with E-state index in [1.807, 2.05) is 31.2 Å². The number of carbonyl (C=O) groups excluding carboxylic acids is 1. The van der Waals surface area contributed by atoms with E-state index in [2.05, 4.69) is 10.4 Å². The molecule has 0 unspecified atom stereocenters. The highest BCUT2D eigenvalue weighted by atomic mass is 32.2. The van der Waals surface area contributed by atoms with Crippen LogP contribution in [-0.2, 0) is 10.0 Å². The van der Waals surface area contributed by atoms with E-state index < -0.39 is 15.9 Å². The molecule has 0 spiro atoms. The van der Waals surface area contributed by atoms with Crippen LogP contribution in [-0.4, -0.2) is 41.5 Å². The number of piperidine rings is 1. The number of aryl methyl sites for hydroxylation is 1. The van der Waals surface area contributed by atoms with Gasteiger partial charge < -0.3 is 5.32 Å². The number of thiophene rings is 1. The predicted octanol–water partition coefficient (Wildman–Crippen LogP) is 3.67. The molecule has 0 saturated carbocycles. The molecule has 4 rings (SSSR count). The summed E-state index contributed by atoms with van der Waals surface area (Å²) in [6.45, 7) is 2.96. The monoisotopic (exact) mass is 430 g/mol. The van der Waals surface area contributed by atoms with Gasteiger partial charge >= 0.3 is 0 Å². The summed E-state index contributed by atoms with van der Waals surface area (Å²) in [6, 6.07) is 10.7. The van der Waals surface area contributed by atoms with Crippen LogP contribution in [0.15, 0.2) is 52.9 Å². The van der Waals surface area contributed by atoms with Crippen molar-refractivity contribution in [1.29, 1.82) is 0 Å². The third kappa shape index (κ3) is 3.98. The Labute approximate surface area is 174 Å². The van der Waals surface area contributed by atoms with Crippen molar-refractivity contribution in [3.05, 3.63) is 58.5 Å². The third-order valence-electron chi connectivity index (χ3n) is 4.95. The Bertz CT molecular complexity index is 1130. The van der Waals surface area contributed by atoms with Gasteiger partial charge in [0.05, 0.1) is 5.69 Å². The van der Waals surface area contributed by atoms with Crippen LogP contribution in [0.25, 0.3) is 5.69 Å². The number of nitrogens with one attached hydrogen (secondary N) is 1. The van der Waals surface area contributed by atoms with Crippen molar-refractivity contribution in [3.63, 3.8) is 0 Å². The van der Waals surface area contributed by atoms with Crippen molar-refractivity contribution in [3.8, 4) is 5.69 Å². The zero-order chi connectivity index (χ0) is 20.4. The molecular formula is C20H22N4O3S2. The predicted molar refractivity (Wildman–Crippen MR) is 113 cm³/mol. The van der Waals surface area contributed by atoms with Gasteiger partial charge in [0.15, 0.2) is 0 Å². The van der Waals surface area contributed by atoms with Gasteiger partial charge in [0.25, 0.3) is 5.91 Å². The van der Waals surface area contributed by atoms with Gasteiger partial charge in [-0.15, -0.1) is 11.3 Å². The van der Waals surface area contributed by atoms with E-state index in [1.165, 1.54) is 10.4 Å². The lowest BCUT2D eigenvalue weighted by Gasteiger charge is -2.25. The van der Waals surface area contributed by atoms with Gasteiger partial charge in [0.2, 0.25) is 10.0 Å². The SMILES string of the molecule is Cc1ccnn1-c1cccc(NC(=O)c2sccc2S(=O)(=O)N2CCCCC2)c1. The van der Waals surface area contributed by atoms with Gasteiger partial charge in [-0.25, -0.2) is 13.1 Å². The van der Waals surface area contributed by atoms with Gasteiger partial charge in [-0.2, -0.15) is 9.40 Å². The summed E-state index contributed by atoms with van der Waals surface area (Å²) in [5, 5.41) is 8.75. The summed E-state index contributed by atoms with van der Waals surface area (Å²) in [5.41, 5.74) is 2.37. The molecular weight excluding hydrogens is 408 g/mol. The van der Waals surface area contributed by atoms with Gasteiger partial charge in [-0.1, -0.05) is 12.5 Å². The Kier molecular flexibility index (Phi) is 5.53. The molecule has 0 bridgehead atoms. The van der Waals surface area contributed by atoms with Crippen molar-refractivity contribution in [2.24, 2.45) is 0 Å². The van der Waals surface area contributed by atoms with Gasteiger partial charge in [0, 0.05) is 30.7 Å². The summed E-state index contributed by atoms with van der Waals surface area (Å²) in [5.74, 6) is -0.426. The van der Waals surface area contributed by atoms with Crippen LogP contribution in [0.5, 0.6) is 0 Å². The smallest absolute Gasteiger partial charge is 0.267 e. The number of carbonyl (C=O) groups is 1. The molecule has 7 nitrogen and oxygen atoms in total. The van der Waals surface area contributed by atoms with E-state index in [4.69, 9.17) is 0 Å². The molecule has 1 aromatic carbocycles. The highest BCUT2D eigenvalue weighted by molar-refractivity contribution is 7.89. The maximum atomic E-state index is 13.0. The topological polar surface area (TPSA) is 84.3 Å². The summed E-state index contributed by atoms with van der Waals surface area (Å²) in [7, 11) is -3.67. The first-order valence-electron chi connectivity index (χ1n) is 9.47. The first kappa shape index (κ1) is 19.8. The van der Waals surface area contributed by atoms with E-state index in [0.29, 0.717) is 18.8 Å². The number of hydrogen-bond donors (Lipinski definition) is 1. The molecule has 29 heavy (non-hydrogen) atoms. The fourth-order valence-corrected chi connectivity index (χ4v) is 6.27. The Morgan fingerprint density at radius 3 is 2.66 bits per heavy atom. The molecule has 152 valence electrons. The molecule has 1 N–H and O–H groups in total. The van der Waals surface area contributed by atoms with Crippen LogP contribution in [0.4, 0.5) is 5.69 Å². The van der Waals surface area contributed by atoms with Crippen molar-refractivity contribution in [2.75, 3.05) is 18.4 Å². The molecule has 2 aromatic heterocycles. The highest BCUT2D eigenvalue weighted by Crippen LogP contribution is 2.28. The zero-order valence-electron chi connectivity index (χ0n) is 16.0. The normalized spacial score (nSPS) is 15.3. The fraction of sp³-hybridized carbons (Fsp3) is 0.300. The fourth-order valence-electron chi connectivity index (χ4n) is 3.45. The number of rotatable bonds is 5. The molecule has 0 aliphatic carbocycles. The molecule has 9 heteroatoms. The average molecular weight is 431 g/mol. The van der Waals surface area contributed by atoms with Crippen molar-refractivity contribution >= 4 is 33.0 Å². The molecule has 1 amide bonds. The van der Waals surface area contributed by atoms with Crippen LogP contribution in [0.1, 0.15) is 34.6 Å². The molecule has 1 fully saturated rings. The molecule has 1 saturated heterocycles. The number of benzene rings is 1. The van der Waals surface area contributed by atoms with Gasteiger partial charge in [-0.3, -0.25) is 4.79 Å². The van der Waals surface area contributed by atoms with Crippen LogP contribution in [0.3, 0.4) is 0 Å². The van der Waals surface area contributed by atoms with E-state index in [0.717, 1.165) is 42.0 Å². The highest BCUT2D eigenvalue weighted by Gasteiger charge is 2.31. The summed E-state index contributed by atoms with van der Waals surface area (Å²) in [4.78, 5) is 13.2. The second-order valence-electron chi connectivity index (χ2n) is 6.97. The van der Waals surface area contributed by atoms with Crippen LogP contribution >= 0.6 is 11.3 Å². The molecule has 0 atom stereocenters. The largest absolute Gasteiger partial charge is 0.321 e. The lowest BCUT2D eigenvalue weighted by molar-refractivity contribution is 0.102. The minimum absolute atomic E-state index is 0.0842. The summed E-state index contributed by atoms with van der Waals surface area (Å²) < 4.78 is 29.3. The van der Waals surface area contributed by atoms with Gasteiger partial charge in [-0.05, 0) is 55.5 Å². The maximum Gasteiger partial charge on any atom is 0.267 e. The molecule has 1 aliphatic heterocycles. The lowest BCUT2D eigenvalue weighted by atomic mass is 10.2. The number of sulfonamides is 1. The summed E-state index contributed by atoms with van der Waals surface area (Å²) in [6.07, 6.45) is 4.45. The van der Waals surface area contributed by atoms with E-state index in [1.54, 1.807) is 22.3 Å². The van der Waals surface area contributed by atoms with Crippen molar-refractivity contribution in [1.82, 2.24) is 14.1 Å². The van der Waals surface area contributed by atoms with Crippen LogP contribution in [0, 0.1) is 6.92 Å². The Hall–Kier alpha value is -2.49. The number of amides is 1. The second kappa shape index (κ2) is 8.10. The van der Waals surface area contributed by atoms with Crippen molar-refractivity contribution < 1.29 is 13.2 Å². The quantitative estimate of drug-likeness (QED) is 0.669. The molecule has 1 aliphatic rings. The zero-order valence-corrected chi connectivity index (χ0v) is 17.7. The van der Waals surface area contributed by atoms with Gasteiger partial charge in [0.1, 0.15) is 9.77 Å². The molecule has 3 heterocycles. The first-order chi connectivity index (χ1) is 14.0.